The molecular formula is C33H54O4Si3. The van der Waals surface area contributed by atoms with E-state index in [0.717, 1.165) is 30.0 Å². The predicted octanol–water partition coefficient (Wildman–Crippen LogP) is 7.71. The average Bonchev–Trinajstić information content (AvgIpc) is 2.91. The minimum atomic E-state index is -2.65. The summed E-state index contributed by atoms with van der Waals surface area (Å²) >= 11 is 0. The van der Waals surface area contributed by atoms with Crippen molar-refractivity contribution in [2.75, 3.05) is 13.2 Å². The van der Waals surface area contributed by atoms with E-state index >= 15 is 0 Å². The van der Waals surface area contributed by atoms with Crippen LogP contribution in [0.2, 0.25) is 42.8 Å². The molecule has 0 aromatic heterocycles. The second kappa shape index (κ2) is 15.6. The molecule has 0 saturated heterocycles. The lowest BCUT2D eigenvalue weighted by molar-refractivity contribution is -0.107. The Morgan fingerprint density at radius 3 is 1.73 bits per heavy atom. The molecule has 7 heteroatoms. The van der Waals surface area contributed by atoms with E-state index in [9.17, 15) is 4.79 Å². The van der Waals surface area contributed by atoms with Gasteiger partial charge in [0, 0.05) is 6.42 Å². The Kier molecular flexibility index (Phi) is 13.5. The van der Waals surface area contributed by atoms with E-state index in [-0.39, 0.29) is 11.1 Å². The maximum Gasteiger partial charge on any atom is 0.261 e. The molecule has 2 aromatic carbocycles. The molecule has 2 rings (SSSR count). The van der Waals surface area contributed by atoms with Crippen LogP contribution in [0.4, 0.5) is 0 Å². The lowest BCUT2D eigenvalue weighted by Gasteiger charge is -2.42. The summed E-state index contributed by atoms with van der Waals surface area (Å²) in [5.41, 5.74) is 1.07. The van der Waals surface area contributed by atoms with Gasteiger partial charge in [0.2, 0.25) is 0 Å². The van der Waals surface area contributed by atoms with Crippen molar-refractivity contribution in [2.24, 2.45) is 0 Å². The number of carbonyl (C=O) groups excluding carboxylic acids is 1. The summed E-state index contributed by atoms with van der Waals surface area (Å²) in [5, 5.41) is 2.42. The van der Waals surface area contributed by atoms with Crippen molar-refractivity contribution in [3.63, 3.8) is 0 Å². The van der Waals surface area contributed by atoms with E-state index in [1.54, 1.807) is 0 Å². The molecule has 0 amide bonds. The lowest BCUT2D eigenvalue weighted by Crippen LogP contribution is -2.66. The van der Waals surface area contributed by atoms with Crippen LogP contribution in [0.1, 0.15) is 54.4 Å². The van der Waals surface area contributed by atoms with Crippen molar-refractivity contribution in [2.45, 2.75) is 103 Å². The standard InChI is InChI=1S/C33H54O4Si3/c1-10-39(11-2,12-3)36-28-30(37-38(7,8)9)27-29(23-25-34)24-26-35-40(33(4,5)6,31-19-15-13-16-20-31)32-21-17-14-18-22-32/h13-22,24-25,30H,10-12,23,26-28H2,1-9H3/b29-24-/t30-/m1/s1. The second-order valence-electron chi connectivity index (χ2n) is 12.8. The highest BCUT2D eigenvalue weighted by atomic mass is 28.4. The van der Waals surface area contributed by atoms with Gasteiger partial charge in [-0.2, -0.15) is 0 Å². The quantitative estimate of drug-likeness (QED) is 0.106. The summed E-state index contributed by atoms with van der Waals surface area (Å²) in [4.78, 5) is 11.8. The fourth-order valence-corrected chi connectivity index (χ4v) is 13.9. The summed E-state index contributed by atoms with van der Waals surface area (Å²) < 4.78 is 20.4. The van der Waals surface area contributed by atoms with E-state index in [4.69, 9.17) is 13.3 Å². The summed E-state index contributed by atoms with van der Waals surface area (Å²) in [5.74, 6) is 0. The number of carbonyl (C=O) groups is 1. The first kappa shape index (κ1) is 34.6. The Bertz CT molecular complexity index is 991. The fraction of sp³-hybridized carbons (Fsp3) is 0.545. The monoisotopic (exact) mass is 598 g/mol. The van der Waals surface area contributed by atoms with Crippen molar-refractivity contribution in [1.29, 1.82) is 0 Å². The molecule has 0 fully saturated rings. The Labute approximate surface area is 247 Å². The van der Waals surface area contributed by atoms with Crippen molar-refractivity contribution >= 4 is 41.6 Å². The first-order valence-electron chi connectivity index (χ1n) is 15.0. The zero-order chi connectivity index (χ0) is 29.9. The summed E-state index contributed by atoms with van der Waals surface area (Å²) in [6, 6.07) is 24.7. The largest absolute Gasteiger partial charge is 0.414 e. The molecular weight excluding hydrogens is 545 g/mol. The molecule has 2 aromatic rings. The van der Waals surface area contributed by atoms with Gasteiger partial charge in [0.25, 0.3) is 8.32 Å². The lowest BCUT2D eigenvalue weighted by atomic mass is 10.1. The van der Waals surface area contributed by atoms with Crippen molar-refractivity contribution in [3.05, 3.63) is 72.3 Å². The van der Waals surface area contributed by atoms with Gasteiger partial charge in [-0.25, -0.2) is 0 Å². The highest BCUT2D eigenvalue weighted by Gasteiger charge is 2.50. The van der Waals surface area contributed by atoms with Gasteiger partial charge in [0.05, 0.1) is 19.3 Å². The van der Waals surface area contributed by atoms with Gasteiger partial charge in [-0.15, -0.1) is 0 Å². The van der Waals surface area contributed by atoms with Gasteiger partial charge < -0.3 is 18.1 Å². The Morgan fingerprint density at radius 1 is 0.825 bits per heavy atom. The summed E-state index contributed by atoms with van der Waals surface area (Å²) in [6.45, 7) is 21.3. The molecule has 0 saturated carbocycles. The van der Waals surface area contributed by atoms with Crippen molar-refractivity contribution < 1.29 is 18.1 Å². The molecule has 0 heterocycles. The highest BCUT2D eigenvalue weighted by Crippen LogP contribution is 2.37. The molecule has 0 bridgehead atoms. The average molecular weight is 599 g/mol. The van der Waals surface area contributed by atoms with Crippen molar-refractivity contribution in [1.82, 2.24) is 0 Å². The molecule has 0 aliphatic heterocycles. The van der Waals surface area contributed by atoms with Gasteiger partial charge in [-0.1, -0.05) is 114 Å². The van der Waals surface area contributed by atoms with Gasteiger partial charge in [0.15, 0.2) is 16.6 Å². The Morgan fingerprint density at radius 2 is 1.32 bits per heavy atom. The summed E-state index contributed by atoms with van der Waals surface area (Å²) in [6.07, 6.45) is 4.16. The van der Waals surface area contributed by atoms with E-state index in [1.807, 2.05) is 0 Å². The molecule has 0 unspecified atom stereocenters. The molecule has 0 radical (unpaired) electrons. The third kappa shape index (κ3) is 9.46. The van der Waals surface area contributed by atoms with E-state index in [2.05, 4.69) is 128 Å². The molecule has 4 nitrogen and oxygen atoms in total. The number of hydrogen-bond acceptors (Lipinski definition) is 4. The molecule has 40 heavy (non-hydrogen) atoms. The first-order chi connectivity index (χ1) is 18.9. The Balaban J connectivity index is 2.39. The number of benzene rings is 2. The smallest absolute Gasteiger partial charge is 0.261 e. The van der Waals surface area contributed by atoms with Crippen LogP contribution in [-0.2, 0) is 18.1 Å². The predicted molar refractivity (Wildman–Crippen MR) is 178 cm³/mol. The molecule has 0 aliphatic rings. The molecule has 222 valence electrons. The zero-order valence-electron chi connectivity index (χ0n) is 26.6. The minimum absolute atomic E-state index is 0.0535. The van der Waals surface area contributed by atoms with Crippen LogP contribution in [0, 0.1) is 0 Å². The molecule has 1 atom stereocenters. The van der Waals surface area contributed by atoms with E-state index in [0.29, 0.717) is 26.1 Å². The highest BCUT2D eigenvalue weighted by molar-refractivity contribution is 6.99. The molecule has 0 aliphatic carbocycles. The van der Waals surface area contributed by atoms with Crippen LogP contribution in [0.25, 0.3) is 0 Å². The van der Waals surface area contributed by atoms with Crippen molar-refractivity contribution in [3.8, 4) is 0 Å². The zero-order valence-corrected chi connectivity index (χ0v) is 29.6. The van der Waals surface area contributed by atoms with Crippen LogP contribution < -0.4 is 10.4 Å². The first-order valence-corrected chi connectivity index (χ1v) is 22.9. The third-order valence-electron chi connectivity index (χ3n) is 7.95. The maximum absolute atomic E-state index is 11.8. The van der Waals surface area contributed by atoms with Crippen LogP contribution in [0.15, 0.2) is 72.3 Å². The number of hydrogen-bond donors (Lipinski definition) is 0. The topological polar surface area (TPSA) is 44.8 Å². The SMILES string of the molecule is CC[Si](CC)(CC)OC[C@@H](C/C(=C\CO[Si](c1ccccc1)(c1ccccc1)C(C)(C)C)CC=O)O[Si](C)(C)C. The number of rotatable bonds is 17. The normalized spacial score (nSPS) is 14.3. The second-order valence-corrected chi connectivity index (χ2v) is 26.4. The third-order valence-corrected chi connectivity index (χ3v) is 18.6. The molecule has 0 N–H and O–H groups in total. The van der Waals surface area contributed by atoms with E-state index < -0.39 is 25.0 Å². The van der Waals surface area contributed by atoms with Crippen LogP contribution >= 0.6 is 0 Å². The van der Waals surface area contributed by atoms with Gasteiger partial charge in [0.1, 0.15) is 6.29 Å². The Hall–Kier alpha value is -1.62. The van der Waals surface area contributed by atoms with Crippen LogP contribution in [0.5, 0.6) is 0 Å². The summed E-state index contributed by atoms with van der Waals surface area (Å²) in [7, 11) is -6.21. The number of aldehydes is 1. The van der Waals surface area contributed by atoms with Crippen LogP contribution in [0.3, 0.4) is 0 Å². The molecule has 0 spiro atoms. The van der Waals surface area contributed by atoms with Gasteiger partial charge in [-0.3, -0.25) is 0 Å². The minimum Gasteiger partial charge on any atom is -0.414 e. The fourth-order valence-electron chi connectivity index (χ4n) is 5.66. The van der Waals surface area contributed by atoms with E-state index in [1.165, 1.54) is 10.4 Å². The van der Waals surface area contributed by atoms with Gasteiger partial charge >= 0.3 is 0 Å². The van der Waals surface area contributed by atoms with Crippen LogP contribution in [-0.4, -0.2) is 50.6 Å². The maximum atomic E-state index is 11.8. The van der Waals surface area contributed by atoms with Gasteiger partial charge in [-0.05, 0) is 59.6 Å².